The number of rotatable bonds is 7. The lowest BCUT2D eigenvalue weighted by Gasteiger charge is -2.28. The van der Waals surface area contributed by atoms with Crippen LogP contribution in [0.15, 0.2) is 42.5 Å². The summed E-state index contributed by atoms with van der Waals surface area (Å²) in [7, 11) is 1.63. The minimum atomic E-state index is -0.550. The molecule has 152 valence electrons. The predicted molar refractivity (Wildman–Crippen MR) is 113 cm³/mol. The fraction of sp³-hybridized carbons (Fsp3) is 0.417. The van der Waals surface area contributed by atoms with Crippen molar-refractivity contribution >= 4 is 11.6 Å². The van der Waals surface area contributed by atoms with Crippen molar-refractivity contribution in [1.82, 2.24) is 0 Å². The molecule has 0 unspecified atom stereocenters. The van der Waals surface area contributed by atoms with Crippen molar-refractivity contribution < 1.29 is 14.3 Å². The van der Waals surface area contributed by atoms with Gasteiger partial charge in [-0.2, -0.15) is 5.26 Å². The highest BCUT2D eigenvalue weighted by molar-refractivity contribution is 5.99. The smallest absolute Gasteiger partial charge is 0.235 e. The Morgan fingerprint density at radius 1 is 1.17 bits per heavy atom. The number of hydrogen-bond donors (Lipinski definition) is 1. The van der Waals surface area contributed by atoms with Crippen LogP contribution in [-0.4, -0.2) is 19.6 Å². The standard InChI is InChI=1S/C24H28N2O3/c1-17(2)16-29-22-11-8-20(14-18(22)15-25)26-23(27)24(12-4-5-13-24)19-6-9-21(28-3)10-7-19/h6-11,14,17H,4-5,12-13,16H2,1-3H3,(H,26,27). The van der Waals surface area contributed by atoms with E-state index in [-0.39, 0.29) is 5.91 Å². The molecule has 1 aliphatic carbocycles. The van der Waals surface area contributed by atoms with Gasteiger partial charge in [0.05, 0.1) is 24.7 Å². The molecule has 5 heteroatoms. The zero-order valence-electron chi connectivity index (χ0n) is 17.3. The van der Waals surface area contributed by atoms with Gasteiger partial charge in [-0.05, 0) is 54.7 Å². The molecule has 0 spiro atoms. The molecule has 5 nitrogen and oxygen atoms in total. The molecular formula is C24H28N2O3. The fourth-order valence-corrected chi connectivity index (χ4v) is 3.86. The van der Waals surface area contributed by atoms with Gasteiger partial charge in [-0.1, -0.05) is 38.8 Å². The third-order valence-corrected chi connectivity index (χ3v) is 5.46. The van der Waals surface area contributed by atoms with Gasteiger partial charge in [0.1, 0.15) is 17.6 Å². The molecule has 1 N–H and O–H groups in total. The predicted octanol–water partition coefficient (Wildman–Crippen LogP) is 5.05. The van der Waals surface area contributed by atoms with Crippen molar-refractivity contribution in [3.63, 3.8) is 0 Å². The lowest BCUT2D eigenvalue weighted by molar-refractivity contribution is -0.121. The average Bonchev–Trinajstić information content (AvgIpc) is 3.24. The number of methoxy groups -OCH3 is 1. The molecule has 29 heavy (non-hydrogen) atoms. The summed E-state index contributed by atoms with van der Waals surface area (Å²) in [4.78, 5) is 13.3. The van der Waals surface area contributed by atoms with Gasteiger partial charge in [-0.25, -0.2) is 0 Å². The highest BCUT2D eigenvalue weighted by atomic mass is 16.5. The van der Waals surface area contributed by atoms with Crippen LogP contribution < -0.4 is 14.8 Å². The van der Waals surface area contributed by atoms with Crippen LogP contribution >= 0.6 is 0 Å². The van der Waals surface area contributed by atoms with Gasteiger partial charge >= 0.3 is 0 Å². The second kappa shape index (κ2) is 9.00. The van der Waals surface area contributed by atoms with Gasteiger partial charge < -0.3 is 14.8 Å². The van der Waals surface area contributed by atoms with Gasteiger partial charge in [0.2, 0.25) is 5.91 Å². The molecule has 0 heterocycles. The second-order valence-corrected chi connectivity index (χ2v) is 8.00. The summed E-state index contributed by atoms with van der Waals surface area (Å²) >= 11 is 0. The van der Waals surface area contributed by atoms with Crippen molar-refractivity contribution in [3.8, 4) is 17.6 Å². The highest BCUT2D eigenvalue weighted by Crippen LogP contribution is 2.42. The lowest BCUT2D eigenvalue weighted by Crippen LogP contribution is -2.38. The van der Waals surface area contributed by atoms with Gasteiger partial charge in [-0.3, -0.25) is 4.79 Å². The minimum absolute atomic E-state index is 0.0279. The first-order valence-corrected chi connectivity index (χ1v) is 10.1. The second-order valence-electron chi connectivity index (χ2n) is 8.00. The molecule has 0 bridgehead atoms. The molecule has 1 saturated carbocycles. The van der Waals surface area contributed by atoms with Crippen molar-refractivity contribution in [2.45, 2.75) is 44.9 Å². The number of anilines is 1. The van der Waals surface area contributed by atoms with Gasteiger partial charge in [-0.15, -0.1) is 0 Å². The normalized spacial score (nSPS) is 15.0. The number of nitrogens with zero attached hydrogens (tertiary/aromatic N) is 1. The Morgan fingerprint density at radius 2 is 1.86 bits per heavy atom. The molecule has 2 aromatic rings. The van der Waals surface area contributed by atoms with Crippen LogP contribution in [0.5, 0.6) is 11.5 Å². The zero-order chi connectivity index (χ0) is 20.9. The Balaban J connectivity index is 1.82. The van der Waals surface area contributed by atoms with E-state index in [1.54, 1.807) is 25.3 Å². The summed E-state index contributed by atoms with van der Waals surface area (Å²) in [6, 6.07) is 15.2. The number of ether oxygens (including phenoxy) is 2. The number of nitriles is 1. The van der Waals surface area contributed by atoms with Crippen molar-refractivity contribution in [2.24, 2.45) is 5.92 Å². The van der Waals surface area contributed by atoms with Crippen LogP contribution in [0.1, 0.15) is 50.7 Å². The maximum Gasteiger partial charge on any atom is 0.235 e. The minimum Gasteiger partial charge on any atom is -0.497 e. The lowest BCUT2D eigenvalue weighted by atomic mass is 9.78. The molecule has 3 rings (SSSR count). The maximum atomic E-state index is 13.3. The van der Waals surface area contributed by atoms with Gasteiger partial charge in [0.15, 0.2) is 0 Å². The van der Waals surface area contributed by atoms with Gasteiger partial charge in [0.25, 0.3) is 0 Å². The Labute approximate surface area is 172 Å². The number of hydrogen-bond acceptors (Lipinski definition) is 4. The monoisotopic (exact) mass is 392 g/mol. The number of amides is 1. The summed E-state index contributed by atoms with van der Waals surface area (Å²) < 4.78 is 11.0. The van der Waals surface area contributed by atoms with E-state index in [1.165, 1.54) is 0 Å². The van der Waals surface area contributed by atoms with E-state index in [2.05, 4.69) is 25.2 Å². The summed E-state index contributed by atoms with van der Waals surface area (Å²) in [6.07, 6.45) is 3.66. The van der Waals surface area contributed by atoms with E-state index >= 15 is 0 Å². The third kappa shape index (κ3) is 4.54. The summed E-state index contributed by atoms with van der Waals surface area (Å²) in [6.45, 7) is 4.66. The SMILES string of the molecule is COc1ccc(C2(C(=O)Nc3ccc(OCC(C)C)c(C#N)c3)CCCC2)cc1. The molecule has 0 radical (unpaired) electrons. The van der Waals surface area contributed by atoms with Crippen molar-refractivity contribution in [1.29, 1.82) is 5.26 Å². The highest BCUT2D eigenvalue weighted by Gasteiger charge is 2.42. The Bertz CT molecular complexity index is 891. The molecule has 2 aromatic carbocycles. The molecule has 0 atom stereocenters. The Hall–Kier alpha value is -3.00. The molecule has 1 aliphatic rings. The maximum absolute atomic E-state index is 13.3. The molecular weight excluding hydrogens is 364 g/mol. The van der Waals surface area contributed by atoms with E-state index < -0.39 is 5.41 Å². The van der Waals surface area contributed by atoms with E-state index in [9.17, 15) is 10.1 Å². The first-order chi connectivity index (χ1) is 14.0. The third-order valence-electron chi connectivity index (χ3n) is 5.46. The molecule has 0 saturated heterocycles. The first kappa shape index (κ1) is 20.7. The average molecular weight is 392 g/mol. The van der Waals surface area contributed by atoms with Crippen LogP contribution in [0.3, 0.4) is 0 Å². The Kier molecular flexibility index (Phi) is 6.43. The van der Waals surface area contributed by atoms with Crippen molar-refractivity contribution in [2.75, 3.05) is 19.0 Å². The molecule has 0 aliphatic heterocycles. The van der Waals surface area contributed by atoms with Crippen LogP contribution in [-0.2, 0) is 10.2 Å². The summed E-state index contributed by atoms with van der Waals surface area (Å²) in [5.41, 5.74) is 1.49. The van der Waals surface area contributed by atoms with Crippen LogP contribution in [0, 0.1) is 17.2 Å². The largest absolute Gasteiger partial charge is 0.497 e. The number of nitrogens with one attached hydrogen (secondary N) is 1. The number of carbonyl (C=O) groups is 1. The van der Waals surface area contributed by atoms with Crippen molar-refractivity contribution in [3.05, 3.63) is 53.6 Å². The Morgan fingerprint density at radius 3 is 2.45 bits per heavy atom. The summed E-state index contributed by atoms with van der Waals surface area (Å²) in [5.74, 6) is 1.66. The molecule has 0 aromatic heterocycles. The van der Waals surface area contributed by atoms with Crippen LogP contribution in [0.4, 0.5) is 5.69 Å². The molecule has 1 fully saturated rings. The van der Waals surface area contributed by atoms with E-state index in [4.69, 9.17) is 9.47 Å². The van der Waals surface area contributed by atoms with Gasteiger partial charge in [0, 0.05) is 5.69 Å². The topological polar surface area (TPSA) is 71.3 Å². The van der Waals surface area contributed by atoms with E-state index in [1.807, 2.05) is 24.3 Å². The van der Waals surface area contributed by atoms with E-state index in [0.717, 1.165) is 37.0 Å². The summed E-state index contributed by atoms with van der Waals surface area (Å²) in [5, 5.41) is 12.5. The van der Waals surface area contributed by atoms with Crippen LogP contribution in [0.25, 0.3) is 0 Å². The zero-order valence-corrected chi connectivity index (χ0v) is 17.3. The fourth-order valence-electron chi connectivity index (χ4n) is 3.86. The van der Waals surface area contributed by atoms with E-state index in [0.29, 0.717) is 29.5 Å². The number of carbonyl (C=O) groups excluding carboxylic acids is 1. The first-order valence-electron chi connectivity index (χ1n) is 10.1. The quantitative estimate of drug-likeness (QED) is 0.715. The molecule has 1 amide bonds. The van der Waals surface area contributed by atoms with Crippen LogP contribution in [0.2, 0.25) is 0 Å². The number of benzene rings is 2.